The number of aromatic nitrogens is 3. The Labute approximate surface area is 187 Å². The molecule has 2 aromatic carbocycles. The van der Waals surface area contributed by atoms with Gasteiger partial charge in [0.15, 0.2) is 5.78 Å². The van der Waals surface area contributed by atoms with Gasteiger partial charge in [-0.1, -0.05) is 54.1 Å². The molecule has 0 radical (unpaired) electrons. The van der Waals surface area contributed by atoms with E-state index in [2.05, 4.69) is 51.3 Å². The quantitative estimate of drug-likeness (QED) is 0.446. The number of fused-ring (bicyclic) bond motifs is 1. The van der Waals surface area contributed by atoms with Gasteiger partial charge in [-0.25, -0.2) is 4.98 Å². The fourth-order valence-electron chi connectivity index (χ4n) is 4.55. The van der Waals surface area contributed by atoms with Crippen LogP contribution in [0.15, 0.2) is 78.8 Å². The van der Waals surface area contributed by atoms with Crippen LogP contribution in [0.25, 0.3) is 16.5 Å². The van der Waals surface area contributed by atoms with Crippen LogP contribution < -0.4 is 0 Å². The van der Waals surface area contributed by atoms with Crippen LogP contribution >= 0.6 is 0 Å². The number of rotatable bonds is 5. The Bertz CT molecular complexity index is 1260. The third-order valence-electron chi connectivity index (χ3n) is 6.22. The van der Waals surface area contributed by atoms with E-state index in [-0.39, 0.29) is 5.78 Å². The van der Waals surface area contributed by atoms with Crippen molar-refractivity contribution in [2.24, 2.45) is 0 Å². The number of likely N-dealkylation sites (tertiary alicyclic amines) is 1. The summed E-state index contributed by atoms with van der Waals surface area (Å²) in [4.78, 5) is 26.5. The first-order valence-electron chi connectivity index (χ1n) is 11.1. The average Bonchev–Trinajstić information content (AvgIpc) is 3.34. The van der Waals surface area contributed by atoms with Crippen molar-refractivity contribution in [3.8, 4) is 0 Å². The molecule has 0 amide bonds. The third kappa shape index (κ3) is 4.12. The lowest BCUT2D eigenvalue weighted by Crippen LogP contribution is -2.31. The van der Waals surface area contributed by atoms with Crippen molar-refractivity contribution < 1.29 is 4.79 Å². The van der Waals surface area contributed by atoms with Crippen LogP contribution in [0, 0.1) is 0 Å². The molecule has 5 rings (SSSR count). The molecule has 0 bridgehead atoms. The molecule has 5 nitrogen and oxygen atoms in total. The molecule has 1 saturated heterocycles. The van der Waals surface area contributed by atoms with E-state index in [4.69, 9.17) is 4.98 Å². The summed E-state index contributed by atoms with van der Waals surface area (Å²) in [6.45, 7) is 4.43. The predicted molar refractivity (Wildman–Crippen MR) is 127 cm³/mol. The number of nitrogens with zero attached hydrogens (tertiary/aromatic N) is 3. The van der Waals surface area contributed by atoms with Gasteiger partial charge in [0.1, 0.15) is 5.82 Å². The number of hydrogen-bond donors (Lipinski definition) is 1. The van der Waals surface area contributed by atoms with Crippen molar-refractivity contribution in [2.75, 3.05) is 13.1 Å². The van der Waals surface area contributed by atoms with Crippen LogP contribution in [0.4, 0.5) is 0 Å². The van der Waals surface area contributed by atoms with Gasteiger partial charge in [0.2, 0.25) is 0 Å². The zero-order valence-corrected chi connectivity index (χ0v) is 18.2. The van der Waals surface area contributed by atoms with E-state index in [1.54, 1.807) is 13.1 Å². The number of hydrogen-bond acceptors (Lipinski definition) is 4. The average molecular weight is 423 g/mol. The van der Waals surface area contributed by atoms with E-state index in [9.17, 15) is 4.79 Å². The van der Waals surface area contributed by atoms with Gasteiger partial charge in [-0.05, 0) is 37.0 Å². The highest BCUT2D eigenvalue weighted by atomic mass is 16.1. The summed E-state index contributed by atoms with van der Waals surface area (Å²) in [5.74, 6) is 1.10. The molecule has 1 aliphatic heterocycles. The topological polar surface area (TPSA) is 61.9 Å². The molecule has 32 heavy (non-hydrogen) atoms. The molecule has 0 spiro atoms. The van der Waals surface area contributed by atoms with Crippen molar-refractivity contribution in [1.82, 2.24) is 19.9 Å². The number of piperidine rings is 1. The molecule has 160 valence electrons. The second-order valence-electron chi connectivity index (χ2n) is 8.30. The highest BCUT2D eigenvalue weighted by molar-refractivity contribution is 5.98. The molecule has 4 aromatic rings. The van der Waals surface area contributed by atoms with Crippen LogP contribution in [-0.2, 0) is 6.54 Å². The van der Waals surface area contributed by atoms with Gasteiger partial charge in [0.05, 0.1) is 12.1 Å². The molecule has 0 aliphatic carbocycles. The Hall–Kier alpha value is -3.57. The Morgan fingerprint density at radius 1 is 0.938 bits per heavy atom. The number of aromatic amines is 1. The Morgan fingerprint density at radius 2 is 1.69 bits per heavy atom. The number of H-pyrrole nitrogens is 1. The summed E-state index contributed by atoms with van der Waals surface area (Å²) in [5.41, 5.74) is 6.75. The van der Waals surface area contributed by atoms with Crippen molar-refractivity contribution >= 4 is 22.3 Å². The second-order valence-corrected chi connectivity index (χ2v) is 8.30. The molecule has 0 unspecified atom stereocenters. The number of carbonyl (C=O) groups excluding carboxylic acids is 1. The number of benzene rings is 2. The zero-order valence-electron chi connectivity index (χ0n) is 18.2. The van der Waals surface area contributed by atoms with E-state index < -0.39 is 0 Å². The lowest BCUT2D eigenvalue weighted by molar-refractivity contribution is 0.101. The molecular weight excluding hydrogens is 396 g/mol. The van der Waals surface area contributed by atoms with Crippen LogP contribution in [0.1, 0.15) is 47.1 Å². The van der Waals surface area contributed by atoms with Gasteiger partial charge < -0.3 is 4.98 Å². The zero-order chi connectivity index (χ0) is 21.9. The first-order chi connectivity index (χ1) is 15.7. The SMILES string of the molecule is CC(=O)c1ccc(C(=C2CCN(Cc3ncc[nH]3)CC2)c2cccc3cccnc23)cc1. The second kappa shape index (κ2) is 8.89. The Morgan fingerprint density at radius 3 is 2.41 bits per heavy atom. The van der Waals surface area contributed by atoms with Crippen molar-refractivity contribution in [1.29, 1.82) is 0 Å². The van der Waals surface area contributed by atoms with E-state index >= 15 is 0 Å². The van der Waals surface area contributed by atoms with Crippen LogP contribution in [0.5, 0.6) is 0 Å². The molecule has 0 atom stereocenters. The molecule has 3 heterocycles. The van der Waals surface area contributed by atoms with Crippen molar-refractivity contribution in [2.45, 2.75) is 26.3 Å². The number of Topliss-reactive ketones (excluding diaryl/α,β-unsaturated/α-hetero) is 1. The number of para-hydroxylation sites is 1. The van der Waals surface area contributed by atoms with Crippen molar-refractivity contribution in [3.63, 3.8) is 0 Å². The van der Waals surface area contributed by atoms with E-state index in [0.29, 0.717) is 0 Å². The molecular formula is C27H26N4O. The molecule has 0 saturated carbocycles. The largest absolute Gasteiger partial charge is 0.348 e. The van der Waals surface area contributed by atoms with Gasteiger partial charge in [-0.15, -0.1) is 0 Å². The Balaban J connectivity index is 1.55. The highest BCUT2D eigenvalue weighted by Gasteiger charge is 2.21. The van der Waals surface area contributed by atoms with E-state index in [1.807, 2.05) is 30.6 Å². The fourth-order valence-corrected chi connectivity index (χ4v) is 4.55. The molecule has 1 N–H and O–H groups in total. The summed E-state index contributed by atoms with van der Waals surface area (Å²) in [7, 11) is 0. The highest BCUT2D eigenvalue weighted by Crippen LogP contribution is 2.35. The monoisotopic (exact) mass is 422 g/mol. The summed E-state index contributed by atoms with van der Waals surface area (Å²) in [6.07, 6.45) is 7.53. The summed E-state index contributed by atoms with van der Waals surface area (Å²) in [6, 6.07) is 18.5. The fraction of sp³-hybridized carbons (Fsp3) is 0.222. The van der Waals surface area contributed by atoms with Gasteiger partial charge >= 0.3 is 0 Å². The molecule has 1 aliphatic rings. The van der Waals surface area contributed by atoms with Crippen molar-refractivity contribution in [3.05, 3.63) is 101 Å². The van der Waals surface area contributed by atoms with E-state index in [0.717, 1.165) is 65.9 Å². The number of nitrogens with one attached hydrogen (secondary N) is 1. The van der Waals surface area contributed by atoms with Gasteiger partial charge in [0.25, 0.3) is 0 Å². The number of carbonyl (C=O) groups is 1. The van der Waals surface area contributed by atoms with Crippen LogP contribution in [0.2, 0.25) is 0 Å². The standard InChI is InChI=1S/C27H26N4O/c1-19(32)20-7-9-21(10-8-20)26(24-6-2-4-23-5-3-13-30-27(23)24)22-11-16-31(17-12-22)18-25-28-14-15-29-25/h2-10,13-15H,11-12,16-18H2,1H3,(H,28,29). The van der Waals surface area contributed by atoms with Crippen LogP contribution in [-0.4, -0.2) is 38.7 Å². The first kappa shape index (κ1) is 20.3. The number of pyridine rings is 1. The van der Waals surface area contributed by atoms with Gasteiger partial charge in [-0.3, -0.25) is 14.7 Å². The maximum Gasteiger partial charge on any atom is 0.159 e. The maximum atomic E-state index is 11.8. The number of ketones is 1. The van der Waals surface area contributed by atoms with Gasteiger partial charge in [-0.2, -0.15) is 0 Å². The lowest BCUT2D eigenvalue weighted by Gasteiger charge is -2.29. The smallest absolute Gasteiger partial charge is 0.159 e. The van der Waals surface area contributed by atoms with E-state index in [1.165, 1.54) is 11.1 Å². The number of imidazole rings is 1. The minimum Gasteiger partial charge on any atom is -0.348 e. The predicted octanol–water partition coefficient (Wildman–Crippen LogP) is 5.26. The third-order valence-corrected chi connectivity index (χ3v) is 6.22. The molecule has 1 fully saturated rings. The molecule has 2 aromatic heterocycles. The van der Waals surface area contributed by atoms with Crippen LogP contribution in [0.3, 0.4) is 0 Å². The minimum atomic E-state index is 0.0869. The first-order valence-corrected chi connectivity index (χ1v) is 11.1. The summed E-state index contributed by atoms with van der Waals surface area (Å²) >= 11 is 0. The summed E-state index contributed by atoms with van der Waals surface area (Å²) in [5, 5.41) is 1.14. The van der Waals surface area contributed by atoms with Gasteiger partial charge in [0, 0.05) is 48.2 Å². The summed E-state index contributed by atoms with van der Waals surface area (Å²) < 4.78 is 0. The lowest BCUT2D eigenvalue weighted by atomic mass is 9.87. The molecule has 5 heteroatoms. The maximum absolute atomic E-state index is 11.8. The normalized spacial score (nSPS) is 14.6. The minimum absolute atomic E-state index is 0.0869. The Kier molecular flexibility index (Phi) is 5.65.